The second kappa shape index (κ2) is 5.92. The first-order chi connectivity index (χ1) is 9.00. The molecule has 0 saturated heterocycles. The fourth-order valence-corrected chi connectivity index (χ4v) is 2.97. The van der Waals surface area contributed by atoms with Gasteiger partial charge in [0.2, 0.25) is 5.91 Å². The Bertz CT molecular complexity index is 471. The first-order valence-corrected chi connectivity index (χ1v) is 7.30. The highest BCUT2D eigenvalue weighted by molar-refractivity contribution is 9.10. The lowest BCUT2D eigenvalue weighted by Crippen LogP contribution is -2.47. The molecule has 0 heterocycles. The van der Waals surface area contributed by atoms with E-state index in [0.717, 1.165) is 12.8 Å². The minimum atomic E-state index is -0.457. The zero-order chi connectivity index (χ0) is 13.9. The standard InChI is InChI=1S/C14H19BrN2O2/c15-12-8-10(4-5-11(12)13(16)18)19-9-14(17)6-2-1-3-7-14/h4-5,8H,1-3,6-7,9,17H2,(H2,16,18). The minimum Gasteiger partial charge on any atom is -0.492 e. The number of carbonyl (C=O) groups excluding carboxylic acids is 1. The zero-order valence-electron chi connectivity index (χ0n) is 10.8. The van der Waals surface area contributed by atoms with Crippen molar-refractivity contribution >= 4 is 21.8 Å². The molecule has 0 aliphatic heterocycles. The van der Waals surface area contributed by atoms with Crippen molar-refractivity contribution in [2.45, 2.75) is 37.6 Å². The number of ether oxygens (including phenoxy) is 1. The fraction of sp³-hybridized carbons (Fsp3) is 0.500. The largest absolute Gasteiger partial charge is 0.492 e. The first kappa shape index (κ1) is 14.3. The van der Waals surface area contributed by atoms with Gasteiger partial charge < -0.3 is 16.2 Å². The van der Waals surface area contributed by atoms with Gasteiger partial charge in [-0.15, -0.1) is 0 Å². The third-order valence-corrected chi connectivity index (χ3v) is 4.24. The molecule has 5 heteroatoms. The molecule has 4 N–H and O–H groups in total. The average molecular weight is 327 g/mol. The predicted octanol–water partition coefficient (Wildman–Crippen LogP) is 2.59. The summed E-state index contributed by atoms with van der Waals surface area (Å²) in [5.41, 5.74) is 11.8. The van der Waals surface area contributed by atoms with E-state index in [4.69, 9.17) is 16.2 Å². The molecule has 4 nitrogen and oxygen atoms in total. The molecule has 0 radical (unpaired) electrons. The van der Waals surface area contributed by atoms with Crippen LogP contribution in [0.5, 0.6) is 5.75 Å². The normalized spacial score (nSPS) is 18.0. The molecule has 1 aliphatic carbocycles. The average Bonchev–Trinajstić information content (AvgIpc) is 2.37. The lowest BCUT2D eigenvalue weighted by molar-refractivity contribution is 0.0999. The number of hydrogen-bond acceptors (Lipinski definition) is 3. The number of halogens is 1. The number of hydrogen-bond donors (Lipinski definition) is 2. The van der Waals surface area contributed by atoms with Gasteiger partial charge in [-0.2, -0.15) is 0 Å². The zero-order valence-corrected chi connectivity index (χ0v) is 12.4. The number of amides is 1. The topological polar surface area (TPSA) is 78.3 Å². The van der Waals surface area contributed by atoms with Gasteiger partial charge in [0.25, 0.3) is 0 Å². The van der Waals surface area contributed by atoms with Gasteiger partial charge in [-0.1, -0.05) is 19.3 Å². The third-order valence-electron chi connectivity index (χ3n) is 3.58. The molecule has 1 fully saturated rings. The van der Waals surface area contributed by atoms with Crippen LogP contribution in [0.15, 0.2) is 22.7 Å². The predicted molar refractivity (Wildman–Crippen MR) is 78.2 cm³/mol. The molecule has 1 saturated carbocycles. The summed E-state index contributed by atoms with van der Waals surface area (Å²) in [7, 11) is 0. The summed E-state index contributed by atoms with van der Waals surface area (Å²) in [5.74, 6) is 0.244. The van der Waals surface area contributed by atoms with Gasteiger partial charge in [-0.25, -0.2) is 0 Å². The smallest absolute Gasteiger partial charge is 0.249 e. The minimum absolute atomic E-state index is 0.215. The monoisotopic (exact) mass is 326 g/mol. The number of carbonyl (C=O) groups is 1. The van der Waals surface area contributed by atoms with Crippen LogP contribution in [0.3, 0.4) is 0 Å². The maximum atomic E-state index is 11.1. The van der Waals surface area contributed by atoms with E-state index in [0.29, 0.717) is 22.4 Å². The third kappa shape index (κ3) is 3.70. The maximum Gasteiger partial charge on any atom is 0.249 e. The lowest BCUT2D eigenvalue weighted by atomic mass is 9.83. The van der Waals surface area contributed by atoms with Gasteiger partial charge in [0.1, 0.15) is 12.4 Å². The molecule has 104 valence electrons. The Kier molecular flexibility index (Phi) is 4.47. The van der Waals surface area contributed by atoms with Gasteiger partial charge in [-0.3, -0.25) is 4.79 Å². The Morgan fingerprint density at radius 2 is 2.00 bits per heavy atom. The van der Waals surface area contributed by atoms with Gasteiger partial charge in [0.15, 0.2) is 0 Å². The van der Waals surface area contributed by atoms with Crippen molar-refractivity contribution in [3.63, 3.8) is 0 Å². The summed E-state index contributed by atoms with van der Waals surface area (Å²) in [6, 6.07) is 5.16. The quantitative estimate of drug-likeness (QED) is 0.892. The molecule has 1 aliphatic rings. The van der Waals surface area contributed by atoms with Crippen molar-refractivity contribution in [2.24, 2.45) is 11.5 Å². The molecule has 1 aromatic rings. The van der Waals surface area contributed by atoms with Crippen LogP contribution in [0.1, 0.15) is 42.5 Å². The molecule has 0 aromatic heterocycles. The molecule has 1 amide bonds. The van der Waals surface area contributed by atoms with Crippen LogP contribution >= 0.6 is 15.9 Å². The number of primary amides is 1. The number of nitrogens with two attached hydrogens (primary N) is 2. The van der Waals surface area contributed by atoms with Gasteiger partial charge in [0, 0.05) is 4.47 Å². The Balaban J connectivity index is 2.00. The van der Waals surface area contributed by atoms with E-state index in [9.17, 15) is 4.79 Å². The van der Waals surface area contributed by atoms with Crippen molar-refractivity contribution in [1.82, 2.24) is 0 Å². The molecule has 0 bridgehead atoms. The number of benzene rings is 1. The Morgan fingerprint density at radius 1 is 1.32 bits per heavy atom. The molecule has 2 rings (SSSR count). The fourth-order valence-electron chi connectivity index (χ4n) is 2.41. The van der Waals surface area contributed by atoms with E-state index < -0.39 is 5.91 Å². The summed E-state index contributed by atoms with van der Waals surface area (Å²) in [6.07, 6.45) is 5.62. The van der Waals surface area contributed by atoms with Crippen molar-refractivity contribution < 1.29 is 9.53 Å². The summed E-state index contributed by atoms with van der Waals surface area (Å²) >= 11 is 3.32. The van der Waals surface area contributed by atoms with Gasteiger partial charge >= 0.3 is 0 Å². The Morgan fingerprint density at radius 3 is 2.58 bits per heavy atom. The van der Waals surface area contributed by atoms with Crippen molar-refractivity contribution in [2.75, 3.05) is 6.61 Å². The van der Waals surface area contributed by atoms with Gasteiger partial charge in [0.05, 0.1) is 11.1 Å². The lowest BCUT2D eigenvalue weighted by Gasteiger charge is -2.33. The maximum absolute atomic E-state index is 11.1. The van der Waals surface area contributed by atoms with Gasteiger partial charge in [-0.05, 0) is 47.0 Å². The molecule has 0 spiro atoms. The van der Waals surface area contributed by atoms with Crippen LogP contribution in [0.4, 0.5) is 0 Å². The molecule has 0 atom stereocenters. The van der Waals surface area contributed by atoms with Crippen molar-refractivity contribution in [3.05, 3.63) is 28.2 Å². The number of rotatable bonds is 4. The van der Waals surface area contributed by atoms with E-state index >= 15 is 0 Å². The van der Waals surface area contributed by atoms with E-state index in [-0.39, 0.29) is 5.54 Å². The van der Waals surface area contributed by atoms with Crippen LogP contribution < -0.4 is 16.2 Å². The van der Waals surface area contributed by atoms with Crippen LogP contribution in [0.2, 0.25) is 0 Å². The van der Waals surface area contributed by atoms with E-state index in [1.807, 2.05) is 0 Å². The molecule has 0 unspecified atom stereocenters. The van der Waals surface area contributed by atoms with Crippen LogP contribution in [0.25, 0.3) is 0 Å². The van der Waals surface area contributed by atoms with E-state index in [1.54, 1.807) is 18.2 Å². The molecule has 1 aromatic carbocycles. The molecule has 19 heavy (non-hydrogen) atoms. The van der Waals surface area contributed by atoms with Crippen molar-refractivity contribution in [3.8, 4) is 5.75 Å². The first-order valence-electron chi connectivity index (χ1n) is 6.51. The second-order valence-corrected chi connectivity index (χ2v) is 6.07. The highest BCUT2D eigenvalue weighted by Gasteiger charge is 2.28. The highest BCUT2D eigenvalue weighted by Crippen LogP contribution is 2.28. The summed E-state index contributed by atoms with van der Waals surface area (Å²) in [6.45, 7) is 0.509. The van der Waals surface area contributed by atoms with E-state index in [1.165, 1.54) is 19.3 Å². The second-order valence-electron chi connectivity index (χ2n) is 5.22. The van der Waals surface area contributed by atoms with Crippen molar-refractivity contribution in [1.29, 1.82) is 0 Å². The van der Waals surface area contributed by atoms with Crippen LogP contribution in [-0.2, 0) is 0 Å². The van der Waals surface area contributed by atoms with Crippen LogP contribution in [-0.4, -0.2) is 18.1 Å². The molecular weight excluding hydrogens is 308 g/mol. The van der Waals surface area contributed by atoms with E-state index in [2.05, 4.69) is 15.9 Å². The summed E-state index contributed by atoms with van der Waals surface area (Å²) in [4.78, 5) is 11.1. The molecular formula is C14H19BrN2O2. The highest BCUT2D eigenvalue weighted by atomic mass is 79.9. The Labute approximate surface area is 121 Å². The Hall–Kier alpha value is -1.07. The van der Waals surface area contributed by atoms with Crippen LogP contribution in [0, 0.1) is 0 Å². The summed E-state index contributed by atoms with van der Waals surface area (Å²) < 4.78 is 6.40. The SMILES string of the molecule is NC(=O)c1ccc(OCC2(N)CCCCC2)cc1Br. The summed E-state index contributed by atoms with van der Waals surface area (Å²) in [5, 5.41) is 0.